The van der Waals surface area contributed by atoms with Crippen molar-refractivity contribution in [1.82, 2.24) is 9.88 Å². The fraction of sp³-hybridized carbons (Fsp3) is 0.450. The molecule has 1 saturated carbocycles. The van der Waals surface area contributed by atoms with Crippen LogP contribution in [0.25, 0.3) is 11.3 Å². The standard InChI is InChI=1S/C20H26N2O/c1-4-22-19(16-7-5-15(6-8-16)14(2)3)12-9-17(20(22)23)13-21-18-10-11-18/h5-9,12,14,18,21H,4,10-11,13H2,1-3H3. The fourth-order valence-corrected chi connectivity index (χ4v) is 2.90. The second-order valence-electron chi connectivity index (χ2n) is 6.73. The zero-order chi connectivity index (χ0) is 16.4. The van der Waals surface area contributed by atoms with E-state index in [0.29, 0.717) is 25.0 Å². The van der Waals surface area contributed by atoms with Crippen LogP contribution in [0.5, 0.6) is 0 Å². The Labute approximate surface area is 138 Å². The third kappa shape index (κ3) is 3.56. The summed E-state index contributed by atoms with van der Waals surface area (Å²) in [6.07, 6.45) is 2.48. The Morgan fingerprint density at radius 2 is 1.83 bits per heavy atom. The van der Waals surface area contributed by atoms with Crippen molar-refractivity contribution in [1.29, 1.82) is 0 Å². The highest BCUT2D eigenvalue weighted by molar-refractivity contribution is 5.60. The first kappa shape index (κ1) is 16.0. The van der Waals surface area contributed by atoms with Crippen LogP contribution in [0.3, 0.4) is 0 Å². The lowest BCUT2D eigenvalue weighted by atomic mass is 10.0. The van der Waals surface area contributed by atoms with E-state index in [-0.39, 0.29) is 5.56 Å². The third-order valence-electron chi connectivity index (χ3n) is 4.60. The summed E-state index contributed by atoms with van der Waals surface area (Å²) < 4.78 is 1.88. The van der Waals surface area contributed by atoms with Crippen molar-refractivity contribution in [3.63, 3.8) is 0 Å². The minimum atomic E-state index is 0.131. The summed E-state index contributed by atoms with van der Waals surface area (Å²) in [7, 11) is 0. The number of aromatic nitrogens is 1. The van der Waals surface area contributed by atoms with E-state index in [2.05, 4.69) is 49.5 Å². The van der Waals surface area contributed by atoms with Gasteiger partial charge in [-0.2, -0.15) is 0 Å². The van der Waals surface area contributed by atoms with Crippen LogP contribution in [-0.2, 0) is 13.1 Å². The maximum Gasteiger partial charge on any atom is 0.255 e. The Morgan fingerprint density at radius 3 is 2.39 bits per heavy atom. The lowest BCUT2D eigenvalue weighted by molar-refractivity contribution is 0.660. The molecule has 3 nitrogen and oxygen atoms in total. The zero-order valence-electron chi connectivity index (χ0n) is 14.3. The van der Waals surface area contributed by atoms with Gasteiger partial charge in [0.1, 0.15) is 0 Å². The monoisotopic (exact) mass is 310 g/mol. The average Bonchev–Trinajstić information content (AvgIpc) is 3.38. The second kappa shape index (κ2) is 6.71. The Hall–Kier alpha value is -1.87. The van der Waals surface area contributed by atoms with Crippen LogP contribution >= 0.6 is 0 Å². The molecule has 0 atom stereocenters. The lowest BCUT2D eigenvalue weighted by Crippen LogP contribution is -2.28. The van der Waals surface area contributed by atoms with E-state index >= 15 is 0 Å². The van der Waals surface area contributed by atoms with Gasteiger partial charge in [0, 0.05) is 24.7 Å². The van der Waals surface area contributed by atoms with E-state index in [4.69, 9.17) is 0 Å². The highest BCUT2D eigenvalue weighted by Crippen LogP contribution is 2.23. The van der Waals surface area contributed by atoms with Gasteiger partial charge in [0.15, 0.2) is 0 Å². The molecule has 1 aromatic carbocycles. The second-order valence-corrected chi connectivity index (χ2v) is 6.73. The number of pyridine rings is 1. The molecule has 0 radical (unpaired) electrons. The molecule has 1 fully saturated rings. The molecule has 3 rings (SSSR count). The normalized spacial score (nSPS) is 14.4. The van der Waals surface area contributed by atoms with Crippen LogP contribution < -0.4 is 10.9 Å². The summed E-state index contributed by atoms with van der Waals surface area (Å²) in [5, 5.41) is 3.43. The van der Waals surface area contributed by atoms with Gasteiger partial charge in [0.05, 0.1) is 5.69 Å². The molecule has 122 valence electrons. The van der Waals surface area contributed by atoms with Gasteiger partial charge in [-0.1, -0.05) is 44.2 Å². The molecule has 23 heavy (non-hydrogen) atoms. The Bertz CT molecular complexity index is 724. The average molecular weight is 310 g/mol. The van der Waals surface area contributed by atoms with Gasteiger partial charge in [0.2, 0.25) is 0 Å². The van der Waals surface area contributed by atoms with Crippen LogP contribution in [0, 0.1) is 0 Å². The number of benzene rings is 1. The van der Waals surface area contributed by atoms with E-state index in [0.717, 1.165) is 16.8 Å². The van der Waals surface area contributed by atoms with Gasteiger partial charge in [0.25, 0.3) is 5.56 Å². The van der Waals surface area contributed by atoms with Gasteiger partial charge in [-0.3, -0.25) is 4.79 Å². The molecule has 1 aliphatic rings. The minimum Gasteiger partial charge on any atom is -0.310 e. The van der Waals surface area contributed by atoms with Crippen molar-refractivity contribution >= 4 is 0 Å². The van der Waals surface area contributed by atoms with Gasteiger partial charge in [-0.15, -0.1) is 0 Å². The molecule has 0 saturated heterocycles. The van der Waals surface area contributed by atoms with Crippen LogP contribution in [0.2, 0.25) is 0 Å². The largest absolute Gasteiger partial charge is 0.310 e. The van der Waals surface area contributed by atoms with E-state index < -0.39 is 0 Å². The van der Waals surface area contributed by atoms with Gasteiger partial charge in [-0.25, -0.2) is 0 Å². The summed E-state index contributed by atoms with van der Waals surface area (Å²) in [5.74, 6) is 0.522. The maximum atomic E-state index is 12.7. The number of rotatable bonds is 6. The molecule has 0 amide bonds. The quantitative estimate of drug-likeness (QED) is 0.877. The fourth-order valence-electron chi connectivity index (χ4n) is 2.90. The molecule has 3 heteroatoms. The van der Waals surface area contributed by atoms with Gasteiger partial charge in [-0.05, 0) is 42.9 Å². The predicted molar refractivity (Wildman–Crippen MR) is 95.8 cm³/mol. The summed E-state index contributed by atoms with van der Waals surface area (Å²) in [5.41, 5.74) is 4.43. The van der Waals surface area contributed by atoms with Crippen molar-refractivity contribution in [2.75, 3.05) is 0 Å². The molecule has 0 aliphatic heterocycles. The molecule has 1 aromatic heterocycles. The van der Waals surface area contributed by atoms with Gasteiger partial charge < -0.3 is 9.88 Å². The molecule has 0 bridgehead atoms. The topological polar surface area (TPSA) is 34.0 Å². The van der Waals surface area contributed by atoms with Crippen LogP contribution in [-0.4, -0.2) is 10.6 Å². The molecule has 1 heterocycles. The maximum absolute atomic E-state index is 12.7. The molecule has 0 unspecified atom stereocenters. The first-order valence-corrected chi connectivity index (χ1v) is 8.66. The van der Waals surface area contributed by atoms with Crippen LogP contribution in [0.4, 0.5) is 0 Å². The number of nitrogens with zero attached hydrogens (tertiary/aromatic N) is 1. The molecular formula is C20H26N2O. The van der Waals surface area contributed by atoms with Crippen LogP contribution in [0.1, 0.15) is 50.7 Å². The van der Waals surface area contributed by atoms with Crippen molar-refractivity contribution in [3.05, 3.63) is 57.9 Å². The Morgan fingerprint density at radius 1 is 1.13 bits per heavy atom. The van der Waals surface area contributed by atoms with Crippen molar-refractivity contribution in [2.24, 2.45) is 0 Å². The summed E-state index contributed by atoms with van der Waals surface area (Å²) >= 11 is 0. The molecule has 0 spiro atoms. The van der Waals surface area contributed by atoms with E-state index in [1.165, 1.54) is 18.4 Å². The van der Waals surface area contributed by atoms with Crippen LogP contribution in [0.15, 0.2) is 41.2 Å². The first-order chi connectivity index (χ1) is 11.1. The summed E-state index contributed by atoms with van der Waals surface area (Å²) in [6, 6.07) is 13.2. The number of nitrogens with one attached hydrogen (secondary N) is 1. The molecule has 1 aliphatic carbocycles. The third-order valence-corrected chi connectivity index (χ3v) is 4.60. The zero-order valence-corrected chi connectivity index (χ0v) is 14.3. The Balaban J connectivity index is 1.91. The Kier molecular flexibility index (Phi) is 4.67. The highest BCUT2D eigenvalue weighted by Gasteiger charge is 2.20. The van der Waals surface area contributed by atoms with E-state index in [9.17, 15) is 4.79 Å². The van der Waals surface area contributed by atoms with E-state index in [1.54, 1.807) is 0 Å². The summed E-state index contributed by atoms with van der Waals surface area (Å²) in [6.45, 7) is 7.79. The van der Waals surface area contributed by atoms with Crippen molar-refractivity contribution in [3.8, 4) is 11.3 Å². The number of hydrogen-bond acceptors (Lipinski definition) is 2. The molecule has 1 N–H and O–H groups in total. The lowest BCUT2D eigenvalue weighted by Gasteiger charge is -2.14. The number of hydrogen-bond donors (Lipinski definition) is 1. The molecular weight excluding hydrogens is 284 g/mol. The highest BCUT2D eigenvalue weighted by atomic mass is 16.1. The van der Waals surface area contributed by atoms with Crippen molar-refractivity contribution < 1.29 is 0 Å². The minimum absolute atomic E-state index is 0.131. The SMILES string of the molecule is CCn1c(-c2ccc(C(C)C)cc2)ccc(CNC2CC2)c1=O. The van der Waals surface area contributed by atoms with Gasteiger partial charge >= 0.3 is 0 Å². The van der Waals surface area contributed by atoms with E-state index in [1.807, 2.05) is 17.6 Å². The predicted octanol–water partition coefficient (Wildman–Crippen LogP) is 3.91. The van der Waals surface area contributed by atoms with Crippen molar-refractivity contribution in [2.45, 2.75) is 58.7 Å². The smallest absolute Gasteiger partial charge is 0.255 e. The summed E-state index contributed by atoms with van der Waals surface area (Å²) in [4.78, 5) is 12.7. The first-order valence-electron chi connectivity index (χ1n) is 8.66. The molecule has 2 aromatic rings.